The Morgan fingerprint density at radius 1 is 1.00 bits per heavy atom. The van der Waals surface area contributed by atoms with Crippen LogP contribution in [0, 0.1) is 0 Å². The number of nitrogens with one attached hydrogen (secondary N) is 1. The van der Waals surface area contributed by atoms with E-state index in [0.29, 0.717) is 38.5 Å². The Hall–Kier alpha value is -2.37. The summed E-state index contributed by atoms with van der Waals surface area (Å²) in [4.78, 5) is 39.8. The molecule has 0 bridgehead atoms. The van der Waals surface area contributed by atoms with Crippen LogP contribution in [0.4, 0.5) is 0 Å². The molecule has 0 aromatic heterocycles. The molecule has 0 spiro atoms. The number of carbonyl (C=O) groups excluding carboxylic acids is 3. The van der Waals surface area contributed by atoms with Gasteiger partial charge in [-0.05, 0) is 36.3 Å². The van der Waals surface area contributed by atoms with Gasteiger partial charge in [0.05, 0.1) is 0 Å². The molecule has 1 aromatic carbocycles. The zero-order valence-corrected chi connectivity index (χ0v) is 16.2. The number of hydrogen-bond acceptors (Lipinski definition) is 3. The minimum Gasteiger partial charge on any atom is -0.345 e. The number of rotatable bonds is 5. The van der Waals surface area contributed by atoms with E-state index < -0.39 is 11.8 Å². The Morgan fingerprint density at radius 2 is 1.59 bits per heavy atom. The monoisotopic (exact) mass is 371 g/mol. The smallest absolute Gasteiger partial charge is 0.312 e. The minimum absolute atomic E-state index is 0.109. The van der Waals surface area contributed by atoms with Crippen molar-refractivity contribution >= 4 is 17.7 Å². The second kappa shape index (κ2) is 8.55. The molecule has 1 saturated carbocycles. The molecular formula is C21H29N3O3. The van der Waals surface area contributed by atoms with Crippen LogP contribution in [0.15, 0.2) is 24.3 Å². The third-order valence-corrected chi connectivity index (χ3v) is 5.30. The van der Waals surface area contributed by atoms with Crippen LogP contribution in [-0.2, 0) is 20.8 Å². The van der Waals surface area contributed by atoms with Crippen LogP contribution in [-0.4, -0.2) is 59.7 Å². The quantitative estimate of drug-likeness (QED) is 0.801. The second-order valence-corrected chi connectivity index (χ2v) is 7.82. The van der Waals surface area contributed by atoms with Crippen molar-refractivity contribution in [1.29, 1.82) is 0 Å². The van der Waals surface area contributed by atoms with Crippen LogP contribution in [0.5, 0.6) is 0 Å². The Labute approximate surface area is 160 Å². The predicted octanol–water partition coefficient (Wildman–Crippen LogP) is 1.69. The number of piperazine rings is 1. The highest BCUT2D eigenvalue weighted by molar-refractivity contribution is 6.35. The van der Waals surface area contributed by atoms with E-state index in [1.54, 1.807) is 9.80 Å². The van der Waals surface area contributed by atoms with E-state index in [2.05, 4.69) is 43.4 Å². The van der Waals surface area contributed by atoms with Crippen molar-refractivity contribution in [3.05, 3.63) is 35.4 Å². The lowest BCUT2D eigenvalue weighted by Crippen LogP contribution is -2.54. The molecule has 1 heterocycles. The van der Waals surface area contributed by atoms with E-state index >= 15 is 0 Å². The normalized spacial score (nSPS) is 17.1. The van der Waals surface area contributed by atoms with E-state index in [4.69, 9.17) is 0 Å². The molecule has 3 amide bonds. The summed E-state index contributed by atoms with van der Waals surface area (Å²) in [6.45, 7) is 6.16. The van der Waals surface area contributed by atoms with Crippen LogP contribution < -0.4 is 5.32 Å². The van der Waals surface area contributed by atoms with Crippen molar-refractivity contribution in [3.63, 3.8) is 0 Å². The third kappa shape index (κ3) is 5.31. The molecule has 1 aromatic rings. The van der Waals surface area contributed by atoms with Crippen molar-refractivity contribution in [2.45, 2.75) is 51.5 Å². The zero-order valence-electron chi connectivity index (χ0n) is 16.2. The van der Waals surface area contributed by atoms with Crippen molar-refractivity contribution < 1.29 is 14.4 Å². The summed E-state index contributed by atoms with van der Waals surface area (Å²) in [5.74, 6) is -0.370. The van der Waals surface area contributed by atoms with Crippen LogP contribution in [0.1, 0.15) is 50.2 Å². The second-order valence-electron chi connectivity index (χ2n) is 7.82. The van der Waals surface area contributed by atoms with Gasteiger partial charge in [0, 0.05) is 38.6 Å². The van der Waals surface area contributed by atoms with Crippen molar-refractivity contribution in [2.75, 3.05) is 26.2 Å². The highest BCUT2D eigenvalue weighted by Crippen LogP contribution is 2.19. The maximum Gasteiger partial charge on any atom is 0.312 e. The summed E-state index contributed by atoms with van der Waals surface area (Å²) < 4.78 is 0. The van der Waals surface area contributed by atoms with Gasteiger partial charge in [-0.15, -0.1) is 0 Å². The molecule has 6 heteroatoms. The molecule has 2 aliphatic rings. The van der Waals surface area contributed by atoms with Crippen LogP contribution in [0.2, 0.25) is 0 Å². The van der Waals surface area contributed by atoms with Gasteiger partial charge in [-0.3, -0.25) is 14.4 Å². The van der Waals surface area contributed by atoms with Crippen LogP contribution in [0.3, 0.4) is 0 Å². The average molecular weight is 371 g/mol. The molecule has 27 heavy (non-hydrogen) atoms. The maximum absolute atomic E-state index is 12.5. The van der Waals surface area contributed by atoms with Gasteiger partial charge in [-0.25, -0.2) is 0 Å². The fourth-order valence-electron chi connectivity index (χ4n) is 3.26. The molecule has 2 fully saturated rings. The molecule has 0 atom stereocenters. The van der Waals surface area contributed by atoms with E-state index in [9.17, 15) is 14.4 Å². The van der Waals surface area contributed by atoms with Gasteiger partial charge < -0.3 is 15.1 Å². The first-order chi connectivity index (χ1) is 12.9. The Bertz CT molecular complexity index is 687. The van der Waals surface area contributed by atoms with Crippen molar-refractivity contribution in [3.8, 4) is 0 Å². The fraction of sp³-hybridized carbons (Fsp3) is 0.571. The summed E-state index contributed by atoms with van der Waals surface area (Å²) in [6.07, 6.45) is 3.11. The number of benzene rings is 1. The standard InChI is InChI=1S/C21H29N3O3/c1-15(2)17-6-3-16(4-7-17)5-10-19(25)23-11-13-24(14-12-23)21(27)20(26)22-18-8-9-18/h3-4,6-7,15,18H,5,8-14H2,1-2H3,(H,22,26). The van der Waals surface area contributed by atoms with Crippen molar-refractivity contribution in [1.82, 2.24) is 15.1 Å². The highest BCUT2D eigenvalue weighted by Gasteiger charge is 2.31. The minimum atomic E-state index is -0.512. The van der Waals surface area contributed by atoms with Gasteiger partial charge in [-0.2, -0.15) is 0 Å². The van der Waals surface area contributed by atoms with E-state index in [1.807, 2.05) is 0 Å². The fourth-order valence-corrected chi connectivity index (χ4v) is 3.26. The third-order valence-electron chi connectivity index (χ3n) is 5.30. The molecule has 6 nitrogen and oxygen atoms in total. The van der Waals surface area contributed by atoms with Gasteiger partial charge in [0.1, 0.15) is 0 Å². The lowest BCUT2D eigenvalue weighted by molar-refractivity contribution is -0.148. The first-order valence-electron chi connectivity index (χ1n) is 9.90. The summed E-state index contributed by atoms with van der Waals surface area (Å²) in [5.41, 5.74) is 2.47. The van der Waals surface area contributed by atoms with Gasteiger partial charge in [0.2, 0.25) is 5.91 Å². The highest BCUT2D eigenvalue weighted by atomic mass is 16.2. The topological polar surface area (TPSA) is 69.7 Å². The molecule has 3 rings (SSSR count). The largest absolute Gasteiger partial charge is 0.345 e. The van der Waals surface area contributed by atoms with E-state index in [-0.39, 0.29) is 11.9 Å². The molecule has 1 aliphatic heterocycles. The van der Waals surface area contributed by atoms with Crippen molar-refractivity contribution in [2.24, 2.45) is 0 Å². The molecule has 1 N–H and O–H groups in total. The number of carbonyl (C=O) groups is 3. The first-order valence-corrected chi connectivity index (χ1v) is 9.90. The Kier molecular flexibility index (Phi) is 6.14. The maximum atomic E-state index is 12.5. The molecule has 146 valence electrons. The van der Waals surface area contributed by atoms with E-state index in [0.717, 1.165) is 19.3 Å². The SMILES string of the molecule is CC(C)c1ccc(CCC(=O)N2CCN(C(=O)C(=O)NC3CC3)CC2)cc1. The number of aryl methyl sites for hydroxylation is 1. The zero-order chi connectivity index (χ0) is 19.4. The molecule has 1 aliphatic carbocycles. The van der Waals surface area contributed by atoms with Gasteiger partial charge in [0.15, 0.2) is 0 Å². The van der Waals surface area contributed by atoms with Gasteiger partial charge in [0.25, 0.3) is 0 Å². The lowest BCUT2D eigenvalue weighted by atomic mass is 10.00. The Balaban J connectivity index is 1.41. The van der Waals surface area contributed by atoms with E-state index in [1.165, 1.54) is 11.1 Å². The van der Waals surface area contributed by atoms with Crippen LogP contribution in [0.25, 0.3) is 0 Å². The number of hydrogen-bond donors (Lipinski definition) is 1. The summed E-state index contributed by atoms with van der Waals surface area (Å²) in [7, 11) is 0. The first kappa shape index (κ1) is 19.4. The predicted molar refractivity (Wildman–Crippen MR) is 103 cm³/mol. The molecular weight excluding hydrogens is 342 g/mol. The molecule has 0 radical (unpaired) electrons. The number of nitrogens with zero attached hydrogens (tertiary/aromatic N) is 2. The molecule has 1 saturated heterocycles. The summed E-state index contributed by atoms with van der Waals surface area (Å²) in [6, 6.07) is 8.62. The average Bonchev–Trinajstić information content (AvgIpc) is 3.50. The summed E-state index contributed by atoms with van der Waals surface area (Å²) in [5, 5.41) is 2.72. The Morgan fingerprint density at radius 3 is 2.15 bits per heavy atom. The van der Waals surface area contributed by atoms with Crippen LogP contribution >= 0.6 is 0 Å². The summed E-state index contributed by atoms with van der Waals surface area (Å²) >= 11 is 0. The molecule has 0 unspecified atom stereocenters. The lowest BCUT2D eigenvalue weighted by Gasteiger charge is -2.34. The van der Waals surface area contributed by atoms with Gasteiger partial charge in [-0.1, -0.05) is 38.1 Å². The van der Waals surface area contributed by atoms with Gasteiger partial charge >= 0.3 is 11.8 Å². The number of amides is 3.